The first-order valence-electron chi connectivity index (χ1n) is 12.7. The van der Waals surface area contributed by atoms with E-state index in [0.717, 1.165) is 77.6 Å². The number of aromatic nitrogens is 4. The lowest BCUT2D eigenvalue weighted by molar-refractivity contribution is 0.0959. The number of rotatable bonds is 6. The van der Waals surface area contributed by atoms with E-state index in [2.05, 4.69) is 72.3 Å². The zero-order valence-electron chi connectivity index (χ0n) is 20.4. The van der Waals surface area contributed by atoms with E-state index >= 15 is 0 Å². The maximum absolute atomic E-state index is 12.5. The van der Waals surface area contributed by atoms with E-state index in [0.29, 0.717) is 11.7 Å². The van der Waals surface area contributed by atoms with Crippen LogP contribution in [0.2, 0.25) is 0 Å². The van der Waals surface area contributed by atoms with Gasteiger partial charge in [0.2, 0.25) is 0 Å². The van der Waals surface area contributed by atoms with Crippen molar-refractivity contribution in [2.45, 2.75) is 37.8 Å². The fourth-order valence-corrected chi connectivity index (χ4v) is 5.22. The monoisotopic (exact) mass is 481 g/mol. The van der Waals surface area contributed by atoms with Crippen LogP contribution in [0.15, 0.2) is 54.7 Å². The molecule has 2 aliphatic rings. The van der Waals surface area contributed by atoms with Gasteiger partial charge in [0.05, 0.1) is 29.7 Å². The minimum absolute atomic E-state index is 0.167. The molecule has 4 heterocycles. The molecule has 184 valence electrons. The Morgan fingerprint density at radius 1 is 0.806 bits per heavy atom. The molecular weight excluding hydrogens is 450 g/mol. The number of carbonyl (C=O) groups excluding carboxylic acids is 1. The number of nitrogens with one attached hydrogen (secondary N) is 5. The van der Waals surface area contributed by atoms with Gasteiger partial charge in [0.25, 0.3) is 5.91 Å². The zero-order valence-corrected chi connectivity index (χ0v) is 20.4. The van der Waals surface area contributed by atoms with E-state index in [9.17, 15) is 4.79 Å². The summed E-state index contributed by atoms with van der Waals surface area (Å²) in [6.45, 7) is 2.03. The number of nitrogens with zero attached hydrogens (tertiary/aromatic N) is 2. The summed E-state index contributed by atoms with van der Waals surface area (Å²) >= 11 is 0. The van der Waals surface area contributed by atoms with Crippen molar-refractivity contribution in [2.75, 3.05) is 20.1 Å². The second kappa shape index (κ2) is 9.72. The van der Waals surface area contributed by atoms with Gasteiger partial charge in [0, 0.05) is 12.6 Å². The number of aromatic amines is 2. The van der Waals surface area contributed by atoms with Crippen LogP contribution in [0.1, 0.15) is 59.9 Å². The van der Waals surface area contributed by atoms with E-state index in [4.69, 9.17) is 0 Å². The second-order valence-corrected chi connectivity index (χ2v) is 9.56. The number of H-pyrrole nitrogens is 2. The molecule has 1 amide bonds. The van der Waals surface area contributed by atoms with Crippen molar-refractivity contribution in [3.8, 4) is 33.6 Å². The molecule has 5 N–H and O–H groups in total. The van der Waals surface area contributed by atoms with Crippen LogP contribution >= 0.6 is 0 Å². The summed E-state index contributed by atoms with van der Waals surface area (Å²) in [5.41, 5.74) is 6.54. The summed E-state index contributed by atoms with van der Waals surface area (Å²) in [4.78, 5) is 28.6. The molecule has 0 radical (unpaired) electrons. The van der Waals surface area contributed by atoms with Crippen LogP contribution in [-0.4, -0.2) is 46.0 Å². The van der Waals surface area contributed by atoms with E-state index in [1.807, 2.05) is 18.3 Å². The lowest BCUT2D eigenvalue weighted by atomic mass is 10.0. The number of hydrogen-bond donors (Lipinski definition) is 5. The molecule has 36 heavy (non-hydrogen) atoms. The normalized spacial score (nSPS) is 19.6. The number of amides is 1. The van der Waals surface area contributed by atoms with Gasteiger partial charge in [0.1, 0.15) is 11.6 Å². The summed E-state index contributed by atoms with van der Waals surface area (Å²) in [6.07, 6.45) is 6.38. The molecule has 4 aromatic rings. The Balaban J connectivity index is 1.22. The third-order valence-electron chi connectivity index (χ3n) is 7.24. The van der Waals surface area contributed by atoms with Crippen LogP contribution in [-0.2, 0) is 0 Å². The van der Waals surface area contributed by atoms with Gasteiger partial charge in [-0.05, 0) is 55.5 Å². The van der Waals surface area contributed by atoms with Gasteiger partial charge in [-0.25, -0.2) is 9.97 Å². The molecule has 0 spiro atoms. The van der Waals surface area contributed by atoms with Crippen LogP contribution in [0.3, 0.4) is 0 Å². The molecule has 0 saturated carbocycles. The third kappa shape index (κ3) is 4.34. The Hall–Kier alpha value is -3.75. The first-order chi connectivity index (χ1) is 17.7. The van der Waals surface area contributed by atoms with Crippen molar-refractivity contribution in [1.29, 1.82) is 0 Å². The Morgan fingerprint density at radius 3 is 1.97 bits per heavy atom. The zero-order chi connectivity index (χ0) is 24.5. The highest BCUT2D eigenvalue weighted by Crippen LogP contribution is 2.30. The summed E-state index contributed by atoms with van der Waals surface area (Å²) in [5, 5.41) is 9.65. The lowest BCUT2D eigenvalue weighted by Crippen LogP contribution is -2.19. The van der Waals surface area contributed by atoms with Crippen molar-refractivity contribution in [1.82, 2.24) is 35.9 Å². The van der Waals surface area contributed by atoms with Gasteiger partial charge in [-0.1, -0.05) is 48.5 Å². The average molecular weight is 482 g/mol. The largest absolute Gasteiger partial charge is 0.354 e. The SMILES string of the molecule is CNC(=O)c1nc([C@@H]2CCCN2)[nH]c1-c1ccc(-c2ccc(-c3cnc([C@@H]4CCCN4)[nH]3)cc2)cc1. The van der Waals surface area contributed by atoms with E-state index in [1.54, 1.807) is 7.05 Å². The standard InChI is InChI=1S/C28H31N7O/c1-29-28(36)25-24(34-27(35-25)22-5-3-15-31-22)20-12-8-18(9-13-20)17-6-10-19(11-7-17)23-16-32-26(33-23)21-4-2-14-30-21/h6-13,16,21-22,30-31H,2-5,14-15H2,1H3,(H,29,36)(H,32,33)(H,34,35)/t21-,22-/m0/s1. The van der Waals surface area contributed by atoms with Crippen LogP contribution in [0, 0.1) is 0 Å². The number of imidazole rings is 2. The van der Waals surface area contributed by atoms with Crippen LogP contribution < -0.4 is 16.0 Å². The topological polar surface area (TPSA) is 111 Å². The van der Waals surface area contributed by atoms with Crippen LogP contribution in [0.4, 0.5) is 0 Å². The maximum atomic E-state index is 12.5. The molecule has 6 rings (SSSR count). The minimum atomic E-state index is -0.184. The highest BCUT2D eigenvalue weighted by molar-refractivity contribution is 5.98. The molecule has 8 heteroatoms. The fourth-order valence-electron chi connectivity index (χ4n) is 5.22. The Bertz CT molecular complexity index is 1340. The minimum Gasteiger partial charge on any atom is -0.354 e. The summed E-state index contributed by atoms with van der Waals surface area (Å²) in [5.74, 6) is 1.66. The highest BCUT2D eigenvalue weighted by atomic mass is 16.1. The molecule has 2 saturated heterocycles. The van der Waals surface area contributed by atoms with E-state index in [-0.39, 0.29) is 11.9 Å². The van der Waals surface area contributed by atoms with Crippen LogP contribution in [0.25, 0.3) is 33.6 Å². The summed E-state index contributed by atoms with van der Waals surface area (Å²) < 4.78 is 0. The third-order valence-corrected chi connectivity index (χ3v) is 7.24. The summed E-state index contributed by atoms with van der Waals surface area (Å²) in [6, 6.07) is 17.3. The Kier molecular flexibility index (Phi) is 6.13. The predicted molar refractivity (Wildman–Crippen MR) is 140 cm³/mol. The predicted octanol–water partition coefficient (Wildman–Crippen LogP) is 4.34. The van der Waals surface area contributed by atoms with Crippen molar-refractivity contribution < 1.29 is 4.79 Å². The first-order valence-corrected chi connectivity index (χ1v) is 12.7. The second-order valence-electron chi connectivity index (χ2n) is 9.56. The Labute approximate surface area is 210 Å². The van der Waals surface area contributed by atoms with E-state index in [1.165, 1.54) is 6.42 Å². The molecular formula is C28H31N7O. The number of benzene rings is 2. The number of carbonyl (C=O) groups is 1. The quantitative estimate of drug-likeness (QED) is 0.281. The molecule has 0 unspecified atom stereocenters. The van der Waals surface area contributed by atoms with Crippen LogP contribution in [0.5, 0.6) is 0 Å². The molecule has 0 aliphatic carbocycles. The summed E-state index contributed by atoms with van der Waals surface area (Å²) in [7, 11) is 1.64. The first kappa shape index (κ1) is 22.7. The maximum Gasteiger partial charge on any atom is 0.271 e. The molecule has 8 nitrogen and oxygen atoms in total. The van der Waals surface area contributed by atoms with Gasteiger partial charge < -0.3 is 25.9 Å². The Morgan fingerprint density at radius 2 is 1.39 bits per heavy atom. The van der Waals surface area contributed by atoms with Crippen molar-refractivity contribution in [3.05, 3.63) is 72.1 Å². The van der Waals surface area contributed by atoms with Crippen molar-refractivity contribution in [3.63, 3.8) is 0 Å². The molecule has 2 fully saturated rings. The molecule has 2 aromatic carbocycles. The van der Waals surface area contributed by atoms with Gasteiger partial charge in [-0.15, -0.1) is 0 Å². The molecule has 2 aromatic heterocycles. The van der Waals surface area contributed by atoms with Gasteiger partial charge in [-0.3, -0.25) is 4.79 Å². The van der Waals surface area contributed by atoms with Gasteiger partial charge in [0.15, 0.2) is 5.69 Å². The van der Waals surface area contributed by atoms with Gasteiger partial charge in [-0.2, -0.15) is 0 Å². The number of hydrogen-bond acceptors (Lipinski definition) is 5. The molecule has 0 bridgehead atoms. The van der Waals surface area contributed by atoms with Crippen molar-refractivity contribution in [2.24, 2.45) is 0 Å². The fraction of sp³-hybridized carbons (Fsp3) is 0.321. The van der Waals surface area contributed by atoms with Gasteiger partial charge >= 0.3 is 0 Å². The average Bonchev–Trinajstić information content (AvgIpc) is 3.74. The van der Waals surface area contributed by atoms with E-state index < -0.39 is 0 Å². The molecule has 2 aliphatic heterocycles. The highest BCUT2D eigenvalue weighted by Gasteiger charge is 2.25. The smallest absolute Gasteiger partial charge is 0.271 e. The lowest BCUT2D eigenvalue weighted by Gasteiger charge is -2.07. The molecule has 2 atom stereocenters. The van der Waals surface area contributed by atoms with Crippen molar-refractivity contribution >= 4 is 5.91 Å².